The van der Waals surface area contributed by atoms with Gasteiger partial charge in [0.2, 0.25) is 0 Å². The Morgan fingerprint density at radius 2 is 2.18 bits per heavy atom. The predicted octanol–water partition coefficient (Wildman–Crippen LogP) is -1.73. The molecule has 0 amide bonds. The van der Waals surface area contributed by atoms with Crippen LogP contribution in [0, 0.1) is 12.8 Å². The van der Waals surface area contributed by atoms with E-state index < -0.39 is 0 Å². The van der Waals surface area contributed by atoms with Crippen LogP contribution < -0.4 is 28.5 Å². The van der Waals surface area contributed by atoms with Gasteiger partial charge in [0.05, 0.1) is 6.54 Å². The van der Waals surface area contributed by atoms with Crippen LogP contribution in [0.1, 0.15) is 19.7 Å². The monoisotopic (exact) mass is 266 g/mol. The zero-order chi connectivity index (χ0) is 7.56. The topological polar surface area (TPSA) is 19.7 Å². The van der Waals surface area contributed by atoms with Crippen molar-refractivity contribution in [2.45, 2.75) is 27.3 Å². The van der Waals surface area contributed by atoms with Crippen molar-refractivity contribution in [1.29, 1.82) is 0 Å². The van der Waals surface area contributed by atoms with Crippen LogP contribution in [0.2, 0.25) is 0 Å². The molecule has 11 heavy (non-hydrogen) atoms. The van der Waals surface area contributed by atoms with Crippen LogP contribution in [0.3, 0.4) is 0 Å². The lowest BCUT2D eigenvalue weighted by atomic mass is 10.2. The summed E-state index contributed by atoms with van der Waals surface area (Å²) in [4.78, 5) is 3.14. The first kappa shape index (κ1) is 10.9. The number of hydrogen-bond donors (Lipinski definition) is 1. The molecule has 1 aromatic rings. The van der Waals surface area contributed by atoms with Crippen molar-refractivity contribution >= 4 is 0 Å². The van der Waals surface area contributed by atoms with Gasteiger partial charge in [0.1, 0.15) is 12.4 Å². The van der Waals surface area contributed by atoms with E-state index >= 15 is 0 Å². The maximum absolute atomic E-state index is 3.14. The molecule has 0 saturated carbocycles. The highest BCUT2D eigenvalue weighted by Crippen LogP contribution is 1.91. The minimum Gasteiger partial charge on any atom is -1.00 e. The van der Waals surface area contributed by atoms with E-state index in [1.54, 1.807) is 0 Å². The Morgan fingerprint density at radius 3 is 2.55 bits per heavy atom. The molecule has 0 aliphatic carbocycles. The summed E-state index contributed by atoms with van der Waals surface area (Å²) >= 11 is 0. The van der Waals surface area contributed by atoms with Crippen molar-refractivity contribution in [1.82, 2.24) is 4.98 Å². The third-order valence-electron chi connectivity index (χ3n) is 1.54. The van der Waals surface area contributed by atoms with Crippen LogP contribution in [0.25, 0.3) is 0 Å². The van der Waals surface area contributed by atoms with Crippen molar-refractivity contribution in [2.75, 3.05) is 0 Å². The molecule has 3 heteroatoms. The van der Waals surface area contributed by atoms with Crippen molar-refractivity contribution in [3.8, 4) is 0 Å². The van der Waals surface area contributed by atoms with Crippen molar-refractivity contribution in [3.05, 3.63) is 18.2 Å². The van der Waals surface area contributed by atoms with Gasteiger partial charge in [0, 0.05) is 6.92 Å². The van der Waals surface area contributed by atoms with Gasteiger partial charge in [-0.3, -0.25) is 0 Å². The van der Waals surface area contributed by atoms with Gasteiger partial charge in [-0.2, -0.15) is 0 Å². The number of rotatable bonds is 2. The van der Waals surface area contributed by atoms with Crippen LogP contribution in [-0.2, 0) is 6.54 Å². The highest BCUT2D eigenvalue weighted by atomic mass is 127. The summed E-state index contributed by atoms with van der Waals surface area (Å²) in [6.07, 6.45) is 4.05. The number of H-pyrrole nitrogens is 1. The Kier molecular flexibility index (Phi) is 4.72. The van der Waals surface area contributed by atoms with Crippen LogP contribution in [0.5, 0.6) is 0 Å². The maximum Gasteiger partial charge on any atom is 0.251 e. The molecule has 0 radical (unpaired) electrons. The van der Waals surface area contributed by atoms with Gasteiger partial charge in [0.25, 0.3) is 5.82 Å². The molecule has 1 N–H and O–H groups in total. The minimum atomic E-state index is 0. The molecule has 0 spiro atoms. The number of hydrogen-bond acceptors (Lipinski definition) is 0. The summed E-state index contributed by atoms with van der Waals surface area (Å²) in [7, 11) is 0. The Morgan fingerprint density at radius 1 is 1.55 bits per heavy atom. The Hall–Kier alpha value is -0.0600. The van der Waals surface area contributed by atoms with E-state index in [0.717, 1.165) is 12.5 Å². The van der Waals surface area contributed by atoms with E-state index in [-0.39, 0.29) is 24.0 Å². The number of nitrogens with zero attached hydrogens (tertiary/aromatic N) is 1. The number of aromatic nitrogens is 2. The Labute approximate surface area is 85.0 Å². The average Bonchev–Trinajstić information content (AvgIpc) is 2.15. The van der Waals surface area contributed by atoms with Gasteiger partial charge >= 0.3 is 0 Å². The van der Waals surface area contributed by atoms with E-state index in [2.05, 4.69) is 36.5 Å². The van der Waals surface area contributed by atoms with Crippen molar-refractivity contribution in [2.24, 2.45) is 5.92 Å². The number of aryl methyl sites for hydroxylation is 1. The van der Waals surface area contributed by atoms with E-state index in [1.165, 1.54) is 5.82 Å². The molecule has 0 bridgehead atoms. The van der Waals surface area contributed by atoms with Gasteiger partial charge in [-0.25, -0.2) is 9.55 Å². The smallest absolute Gasteiger partial charge is 0.251 e. The second kappa shape index (κ2) is 4.74. The van der Waals surface area contributed by atoms with Crippen LogP contribution in [0.4, 0.5) is 0 Å². The molecule has 64 valence electrons. The highest BCUT2D eigenvalue weighted by molar-refractivity contribution is 4.70. The van der Waals surface area contributed by atoms with E-state index in [9.17, 15) is 0 Å². The lowest BCUT2D eigenvalue weighted by Crippen LogP contribution is -3.00. The maximum atomic E-state index is 3.14. The Bertz CT molecular complexity index is 206. The molecule has 2 nitrogen and oxygen atoms in total. The summed E-state index contributed by atoms with van der Waals surface area (Å²) in [5.74, 6) is 1.95. The average molecular weight is 266 g/mol. The van der Waals surface area contributed by atoms with Crippen LogP contribution >= 0.6 is 0 Å². The van der Waals surface area contributed by atoms with Gasteiger partial charge in [0.15, 0.2) is 0 Å². The normalized spacial score (nSPS) is 9.82. The van der Waals surface area contributed by atoms with Crippen LogP contribution in [-0.4, -0.2) is 4.98 Å². The summed E-state index contributed by atoms with van der Waals surface area (Å²) in [5, 5.41) is 0. The fourth-order valence-electron chi connectivity index (χ4n) is 1.03. The third kappa shape index (κ3) is 3.22. The molecular formula is C8H15IN2. The fraction of sp³-hybridized carbons (Fsp3) is 0.625. The zero-order valence-corrected chi connectivity index (χ0v) is 9.42. The third-order valence-corrected chi connectivity index (χ3v) is 1.54. The SMILES string of the molecule is Cc1[nH]cc[n+]1CC(C)C.[I-]. The molecule has 0 aliphatic rings. The molecule has 0 unspecified atom stereocenters. The second-order valence-corrected chi connectivity index (χ2v) is 3.09. The molecule has 1 heterocycles. The molecule has 0 saturated heterocycles. The van der Waals surface area contributed by atoms with Gasteiger partial charge in [-0.05, 0) is 5.92 Å². The number of halogens is 1. The van der Waals surface area contributed by atoms with Crippen molar-refractivity contribution < 1.29 is 28.5 Å². The van der Waals surface area contributed by atoms with Gasteiger partial charge in [-0.1, -0.05) is 13.8 Å². The standard InChI is InChI=1S/C8H14N2.HI/c1-7(2)6-10-5-4-9-8(10)3;/h4-5,7H,6H2,1-3H3;1H. The first-order valence-electron chi connectivity index (χ1n) is 3.73. The van der Waals surface area contributed by atoms with E-state index in [4.69, 9.17) is 0 Å². The molecule has 0 aromatic carbocycles. The number of imidazole rings is 1. The van der Waals surface area contributed by atoms with E-state index in [1.807, 2.05) is 6.20 Å². The zero-order valence-electron chi connectivity index (χ0n) is 7.26. The second-order valence-electron chi connectivity index (χ2n) is 3.09. The fourth-order valence-corrected chi connectivity index (χ4v) is 1.03. The summed E-state index contributed by atoms with van der Waals surface area (Å²) in [6, 6.07) is 0. The van der Waals surface area contributed by atoms with Gasteiger partial charge < -0.3 is 24.0 Å². The summed E-state index contributed by atoms with van der Waals surface area (Å²) < 4.78 is 2.23. The highest BCUT2D eigenvalue weighted by Gasteiger charge is 2.05. The van der Waals surface area contributed by atoms with E-state index in [0.29, 0.717) is 0 Å². The quantitative estimate of drug-likeness (QED) is 0.485. The largest absolute Gasteiger partial charge is 1.00 e. The number of nitrogens with one attached hydrogen (secondary N) is 1. The van der Waals surface area contributed by atoms with Gasteiger partial charge in [-0.15, -0.1) is 0 Å². The molecular weight excluding hydrogens is 251 g/mol. The van der Waals surface area contributed by atoms with Crippen molar-refractivity contribution in [3.63, 3.8) is 0 Å². The molecule has 0 atom stereocenters. The molecule has 1 rings (SSSR count). The Balaban J connectivity index is 0.000001000. The first-order chi connectivity index (χ1) is 4.70. The predicted molar refractivity (Wildman–Crippen MR) is 40.6 cm³/mol. The minimum absolute atomic E-state index is 0. The molecule has 1 aromatic heterocycles. The van der Waals surface area contributed by atoms with Crippen LogP contribution in [0.15, 0.2) is 12.4 Å². The number of aromatic amines is 1. The lowest BCUT2D eigenvalue weighted by Gasteiger charge is -2.00. The first-order valence-corrected chi connectivity index (χ1v) is 3.73. The molecule has 0 aliphatic heterocycles. The summed E-state index contributed by atoms with van der Waals surface area (Å²) in [5.41, 5.74) is 0. The summed E-state index contributed by atoms with van der Waals surface area (Å²) in [6.45, 7) is 7.64. The lowest BCUT2D eigenvalue weighted by molar-refractivity contribution is -0.706. The molecule has 0 fully saturated rings.